The summed E-state index contributed by atoms with van der Waals surface area (Å²) in [6, 6.07) is 14.3. The Kier molecular flexibility index (Phi) is 9.31. The Labute approximate surface area is 174 Å². The molecule has 0 aliphatic rings. The molecule has 0 amide bonds. The molecule has 6 heteroatoms. The van der Waals surface area contributed by atoms with Gasteiger partial charge in [0.2, 0.25) is 0 Å². The van der Waals surface area contributed by atoms with Crippen molar-refractivity contribution in [3.8, 4) is 11.5 Å². The van der Waals surface area contributed by atoms with Crippen LogP contribution in [0.25, 0.3) is 0 Å². The van der Waals surface area contributed by atoms with Gasteiger partial charge >= 0.3 is 0 Å². The topological polar surface area (TPSA) is 55.3 Å². The van der Waals surface area contributed by atoms with Crippen LogP contribution >= 0.6 is 0 Å². The Balaban J connectivity index is 2.05. The number of hydrogen-bond donors (Lipinski definition) is 1. The summed E-state index contributed by atoms with van der Waals surface area (Å²) in [4.78, 5) is 6.98. The number of ether oxygens (including phenoxy) is 3. The van der Waals surface area contributed by atoms with E-state index in [1.807, 2.05) is 24.3 Å². The lowest BCUT2D eigenvalue weighted by Gasteiger charge is -2.22. The van der Waals surface area contributed by atoms with E-state index in [-0.39, 0.29) is 0 Å². The average molecular weight is 400 g/mol. The van der Waals surface area contributed by atoms with Crippen LogP contribution in [-0.2, 0) is 24.3 Å². The van der Waals surface area contributed by atoms with Gasteiger partial charge in [-0.3, -0.25) is 0 Å². The molecule has 1 N–H and O–H groups in total. The maximum absolute atomic E-state index is 5.40. The Morgan fingerprint density at radius 3 is 2.38 bits per heavy atom. The second-order valence-electron chi connectivity index (χ2n) is 6.73. The van der Waals surface area contributed by atoms with Gasteiger partial charge in [-0.25, -0.2) is 4.99 Å². The van der Waals surface area contributed by atoms with E-state index < -0.39 is 0 Å². The van der Waals surface area contributed by atoms with E-state index in [0.29, 0.717) is 13.2 Å². The quantitative estimate of drug-likeness (QED) is 0.490. The zero-order valence-electron chi connectivity index (χ0n) is 18.2. The molecular formula is C23H33N3O3. The van der Waals surface area contributed by atoms with Gasteiger partial charge in [-0.2, -0.15) is 0 Å². The van der Waals surface area contributed by atoms with Crippen molar-refractivity contribution >= 4 is 5.96 Å². The van der Waals surface area contributed by atoms with Crippen molar-refractivity contribution < 1.29 is 14.2 Å². The number of aliphatic imine (C=N–C) groups is 1. The summed E-state index contributed by atoms with van der Waals surface area (Å²) in [6.07, 6.45) is 0.877. The highest BCUT2D eigenvalue weighted by atomic mass is 16.5. The van der Waals surface area contributed by atoms with E-state index in [1.54, 1.807) is 21.3 Å². The van der Waals surface area contributed by atoms with Crippen LogP contribution < -0.4 is 14.8 Å². The third-order valence-electron chi connectivity index (χ3n) is 4.70. The molecule has 0 aliphatic carbocycles. The van der Waals surface area contributed by atoms with Gasteiger partial charge in [0, 0.05) is 27.2 Å². The summed E-state index contributed by atoms with van der Waals surface area (Å²) in [7, 11) is 7.08. The fourth-order valence-corrected chi connectivity index (χ4v) is 3.08. The van der Waals surface area contributed by atoms with Crippen LogP contribution in [0.5, 0.6) is 11.5 Å². The maximum Gasteiger partial charge on any atom is 0.193 e. The minimum atomic E-state index is 0.595. The molecule has 2 rings (SSSR count). The molecule has 29 heavy (non-hydrogen) atoms. The SMILES string of the molecule is CCNC(=NCc1ccccc1COC)N(C)CCc1ccc(OC)c(OC)c1. The zero-order valence-corrected chi connectivity index (χ0v) is 18.2. The van der Waals surface area contributed by atoms with Gasteiger partial charge in [-0.05, 0) is 42.2 Å². The van der Waals surface area contributed by atoms with E-state index in [4.69, 9.17) is 19.2 Å². The van der Waals surface area contributed by atoms with Crippen LogP contribution in [0.4, 0.5) is 0 Å². The number of hydrogen-bond acceptors (Lipinski definition) is 4. The zero-order chi connectivity index (χ0) is 21.1. The summed E-state index contributed by atoms with van der Waals surface area (Å²) in [6.45, 7) is 4.94. The van der Waals surface area contributed by atoms with E-state index in [1.165, 1.54) is 16.7 Å². The molecule has 0 radical (unpaired) electrons. The largest absolute Gasteiger partial charge is 0.493 e. The van der Waals surface area contributed by atoms with E-state index in [2.05, 4.69) is 42.4 Å². The monoisotopic (exact) mass is 399 g/mol. The van der Waals surface area contributed by atoms with Crippen molar-refractivity contribution in [1.29, 1.82) is 0 Å². The summed E-state index contributed by atoms with van der Waals surface area (Å²) < 4.78 is 16.0. The number of nitrogens with zero attached hydrogens (tertiary/aromatic N) is 2. The molecule has 0 atom stereocenters. The number of methoxy groups -OCH3 is 3. The standard InChI is InChI=1S/C23H33N3O3/c1-6-24-23(25-16-19-9-7-8-10-20(19)17-27-3)26(2)14-13-18-11-12-21(28-4)22(15-18)29-5/h7-12,15H,6,13-14,16-17H2,1-5H3,(H,24,25). The van der Waals surface area contributed by atoms with Gasteiger partial charge < -0.3 is 24.4 Å². The van der Waals surface area contributed by atoms with Crippen molar-refractivity contribution in [3.05, 3.63) is 59.2 Å². The first kappa shape index (κ1) is 22.6. The molecule has 6 nitrogen and oxygen atoms in total. The van der Waals surface area contributed by atoms with Crippen molar-refractivity contribution in [2.45, 2.75) is 26.5 Å². The van der Waals surface area contributed by atoms with Crippen molar-refractivity contribution in [1.82, 2.24) is 10.2 Å². The van der Waals surface area contributed by atoms with Crippen LogP contribution in [0.1, 0.15) is 23.6 Å². The molecule has 0 aliphatic heterocycles. The van der Waals surface area contributed by atoms with Crippen LogP contribution in [0.15, 0.2) is 47.5 Å². The molecule has 0 spiro atoms. The fraction of sp³-hybridized carbons (Fsp3) is 0.435. The minimum absolute atomic E-state index is 0.595. The Bertz CT molecular complexity index is 793. The highest BCUT2D eigenvalue weighted by molar-refractivity contribution is 5.79. The van der Waals surface area contributed by atoms with Gasteiger partial charge in [-0.1, -0.05) is 30.3 Å². The van der Waals surface area contributed by atoms with Crippen LogP contribution in [0.3, 0.4) is 0 Å². The molecule has 2 aromatic carbocycles. The van der Waals surface area contributed by atoms with Gasteiger partial charge in [0.15, 0.2) is 17.5 Å². The first-order chi connectivity index (χ1) is 14.1. The Hall–Kier alpha value is -2.73. The first-order valence-corrected chi connectivity index (χ1v) is 9.89. The fourth-order valence-electron chi connectivity index (χ4n) is 3.08. The molecule has 0 saturated carbocycles. The van der Waals surface area contributed by atoms with Crippen LogP contribution in [0.2, 0.25) is 0 Å². The molecule has 0 unspecified atom stereocenters. The molecule has 2 aromatic rings. The Morgan fingerprint density at radius 2 is 1.72 bits per heavy atom. The lowest BCUT2D eigenvalue weighted by Crippen LogP contribution is -2.40. The predicted molar refractivity (Wildman–Crippen MR) is 118 cm³/mol. The van der Waals surface area contributed by atoms with E-state index >= 15 is 0 Å². The number of benzene rings is 2. The highest BCUT2D eigenvalue weighted by Gasteiger charge is 2.09. The minimum Gasteiger partial charge on any atom is -0.493 e. The molecule has 0 fully saturated rings. The second-order valence-corrected chi connectivity index (χ2v) is 6.73. The third-order valence-corrected chi connectivity index (χ3v) is 4.70. The number of nitrogens with one attached hydrogen (secondary N) is 1. The molecule has 0 aromatic heterocycles. The van der Waals surface area contributed by atoms with Crippen molar-refractivity contribution in [2.24, 2.45) is 4.99 Å². The van der Waals surface area contributed by atoms with E-state index in [0.717, 1.165) is 37.0 Å². The van der Waals surface area contributed by atoms with Gasteiger partial charge in [0.25, 0.3) is 0 Å². The summed E-state index contributed by atoms with van der Waals surface area (Å²) in [5.41, 5.74) is 3.54. The van der Waals surface area contributed by atoms with Crippen molar-refractivity contribution in [2.75, 3.05) is 41.5 Å². The molecule has 158 valence electrons. The highest BCUT2D eigenvalue weighted by Crippen LogP contribution is 2.27. The van der Waals surface area contributed by atoms with Crippen LogP contribution in [-0.4, -0.2) is 52.3 Å². The average Bonchev–Trinajstić information content (AvgIpc) is 2.75. The summed E-state index contributed by atoms with van der Waals surface area (Å²) in [5, 5.41) is 3.38. The molecule has 0 heterocycles. The second kappa shape index (κ2) is 12.0. The summed E-state index contributed by atoms with van der Waals surface area (Å²) >= 11 is 0. The normalized spacial score (nSPS) is 11.3. The first-order valence-electron chi connectivity index (χ1n) is 9.89. The Morgan fingerprint density at radius 1 is 1.00 bits per heavy atom. The lowest BCUT2D eigenvalue weighted by molar-refractivity contribution is 0.184. The van der Waals surface area contributed by atoms with Gasteiger partial charge in [0.05, 0.1) is 27.4 Å². The third kappa shape index (κ3) is 6.68. The smallest absolute Gasteiger partial charge is 0.193 e. The predicted octanol–water partition coefficient (Wildman–Crippen LogP) is 3.49. The molecule has 0 bridgehead atoms. The van der Waals surface area contributed by atoms with E-state index in [9.17, 15) is 0 Å². The lowest BCUT2D eigenvalue weighted by atomic mass is 10.1. The van der Waals surface area contributed by atoms with Crippen molar-refractivity contribution in [3.63, 3.8) is 0 Å². The van der Waals surface area contributed by atoms with Gasteiger partial charge in [0.1, 0.15) is 0 Å². The number of rotatable bonds is 10. The van der Waals surface area contributed by atoms with Gasteiger partial charge in [-0.15, -0.1) is 0 Å². The molecular weight excluding hydrogens is 366 g/mol. The number of guanidine groups is 1. The maximum atomic E-state index is 5.40. The molecule has 0 saturated heterocycles. The number of likely N-dealkylation sites (N-methyl/N-ethyl adjacent to an activating group) is 1. The summed E-state index contributed by atoms with van der Waals surface area (Å²) in [5.74, 6) is 2.39. The van der Waals surface area contributed by atoms with Crippen LogP contribution in [0, 0.1) is 0 Å².